The zero-order chi connectivity index (χ0) is 20.0. The number of hydrogen-bond donors (Lipinski definition) is 0. The number of rotatable bonds is 16. The fraction of sp³-hybridized carbons (Fsp3) is 0.889. The Kier molecular flexibility index (Phi) is 18.0. The van der Waals surface area contributed by atoms with Gasteiger partial charge >= 0.3 is 35.5 Å². The van der Waals surface area contributed by atoms with E-state index in [1.165, 1.54) is 0 Å². The van der Waals surface area contributed by atoms with Crippen LogP contribution in [0.4, 0.5) is 0 Å². The summed E-state index contributed by atoms with van der Waals surface area (Å²) in [6, 6.07) is 0. The minimum absolute atomic E-state index is 0. The molecule has 0 saturated carbocycles. The standard InChI is InChI=1S/C18H34O7S.Na/c1-4-7-9-10-12-24-17(19)13-16(18(20)21)26(22,23)25-14-15(6-3)11-8-5-2;/h15-16H,4-14H2,1-3H3,(H,20,21);/q;+1/p-1. The summed E-state index contributed by atoms with van der Waals surface area (Å²) >= 11 is 0. The number of carbonyl (C=O) groups excluding carboxylic acids is 2. The first-order valence-corrected chi connectivity index (χ1v) is 11.0. The molecule has 9 heteroatoms. The average Bonchev–Trinajstić information content (AvgIpc) is 2.59. The summed E-state index contributed by atoms with van der Waals surface area (Å²) in [7, 11) is -4.45. The molecule has 0 fully saturated rings. The first-order valence-electron chi connectivity index (χ1n) is 9.53. The van der Waals surface area contributed by atoms with E-state index in [0.29, 0.717) is 6.42 Å². The van der Waals surface area contributed by atoms with Crippen molar-refractivity contribution in [3.05, 3.63) is 0 Å². The summed E-state index contributed by atoms with van der Waals surface area (Å²) in [4.78, 5) is 22.9. The third kappa shape index (κ3) is 13.6. The quantitative estimate of drug-likeness (QED) is 0.140. The first kappa shape index (κ1) is 29.1. The van der Waals surface area contributed by atoms with E-state index in [1.807, 2.05) is 20.8 Å². The molecule has 0 amide bonds. The number of unbranched alkanes of at least 4 members (excludes halogenated alkanes) is 4. The second kappa shape index (κ2) is 16.8. The van der Waals surface area contributed by atoms with Crippen LogP contribution in [-0.4, -0.2) is 38.8 Å². The number of carbonyl (C=O) groups is 2. The Morgan fingerprint density at radius 1 is 1.00 bits per heavy atom. The van der Waals surface area contributed by atoms with Gasteiger partial charge in [0.05, 0.1) is 25.6 Å². The van der Waals surface area contributed by atoms with Crippen molar-refractivity contribution in [3.8, 4) is 0 Å². The second-order valence-electron chi connectivity index (χ2n) is 6.49. The van der Waals surface area contributed by atoms with Crippen LogP contribution in [0, 0.1) is 5.92 Å². The molecule has 0 spiro atoms. The Bertz CT molecular complexity index is 508. The van der Waals surface area contributed by atoms with E-state index in [2.05, 4.69) is 0 Å². The fourth-order valence-corrected chi connectivity index (χ4v) is 3.52. The molecule has 0 heterocycles. The number of hydrogen-bond acceptors (Lipinski definition) is 7. The number of aliphatic carboxylic acids is 1. The first-order chi connectivity index (χ1) is 12.3. The van der Waals surface area contributed by atoms with Crippen LogP contribution >= 0.6 is 0 Å². The monoisotopic (exact) mass is 416 g/mol. The Morgan fingerprint density at radius 3 is 2.15 bits per heavy atom. The van der Waals surface area contributed by atoms with Gasteiger partial charge in [-0.1, -0.05) is 59.3 Å². The van der Waals surface area contributed by atoms with Gasteiger partial charge in [0.1, 0.15) is 5.25 Å². The maximum absolute atomic E-state index is 12.2. The summed E-state index contributed by atoms with van der Waals surface area (Å²) in [6.07, 6.45) is 6.25. The summed E-state index contributed by atoms with van der Waals surface area (Å²) in [5.41, 5.74) is 0. The molecule has 2 unspecified atom stereocenters. The van der Waals surface area contributed by atoms with Crippen LogP contribution in [-0.2, 0) is 28.6 Å². The molecule has 0 aliphatic rings. The Balaban J connectivity index is 0. The van der Waals surface area contributed by atoms with Crippen molar-refractivity contribution in [2.75, 3.05) is 13.2 Å². The number of esters is 1. The van der Waals surface area contributed by atoms with Gasteiger partial charge in [0.15, 0.2) is 0 Å². The van der Waals surface area contributed by atoms with Crippen LogP contribution in [0.3, 0.4) is 0 Å². The Hall–Kier alpha value is -0.150. The molecule has 0 aromatic rings. The van der Waals surface area contributed by atoms with Gasteiger partial charge in [-0.3, -0.25) is 8.98 Å². The molecule has 0 aliphatic heterocycles. The van der Waals surface area contributed by atoms with Crippen molar-refractivity contribution >= 4 is 22.1 Å². The minimum Gasteiger partial charge on any atom is -0.549 e. The summed E-state index contributed by atoms with van der Waals surface area (Å²) < 4.78 is 34.2. The van der Waals surface area contributed by atoms with Crippen molar-refractivity contribution in [2.24, 2.45) is 5.92 Å². The van der Waals surface area contributed by atoms with Crippen molar-refractivity contribution in [3.63, 3.8) is 0 Å². The molecule has 7 nitrogen and oxygen atoms in total. The van der Waals surface area contributed by atoms with E-state index in [4.69, 9.17) is 8.92 Å². The maximum atomic E-state index is 12.2. The minimum atomic E-state index is -4.45. The van der Waals surface area contributed by atoms with Gasteiger partial charge in [-0.2, -0.15) is 8.42 Å². The fourth-order valence-electron chi connectivity index (χ4n) is 2.40. The molecule has 154 valence electrons. The predicted octanol–water partition coefficient (Wildman–Crippen LogP) is -0.815. The Morgan fingerprint density at radius 2 is 1.63 bits per heavy atom. The van der Waals surface area contributed by atoms with Crippen molar-refractivity contribution < 1.29 is 61.6 Å². The summed E-state index contributed by atoms with van der Waals surface area (Å²) in [6.45, 7) is 6.06. The van der Waals surface area contributed by atoms with Crippen LogP contribution in [0.15, 0.2) is 0 Å². The third-order valence-electron chi connectivity index (χ3n) is 4.24. The van der Waals surface area contributed by atoms with Gasteiger partial charge in [0.2, 0.25) is 0 Å². The van der Waals surface area contributed by atoms with Crippen LogP contribution in [0.1, 0.15) is 78.6 Å². The predicted molar refractivity (Wildman–Crippen MR) is 96.7 cm³/mol. The van der Waals surface area contributed by atoms with E-state index in [0.717, 1.165) is 44.9 Å². The van der Waals surface area contributed by atoms with E-state index in [1.54, 1.807) is 0 Å². The number of ether oxygens (including phenoxy) is 1. The van der Waals surface area contributed by atoms with Crippen molar-refractivity contribution in [1.29, 1.82) is 0 Å². The molecule has 0 aliphatic carbocycles. The second-order valence-corrected chi connectivity index (χ2v) is 8.28. The van der Waals surface area contributed by atoms with Crippen molar-refractivity contribution in [2.45, 2.75) is 83.8 Å². The molecular weight excluding hydrogens is 383 g/mol. The van der Waals surface area contributed by atoms with Gasteiger partial charge in [0.25, 0.3) is 10.1 Å². The molecule has 0 aromatic heterocycles. The molecule has 0 aromatic carbocycles. The zero-order valence-electron chi connectivity index (χ0n) is 17.2. The van der Waals surface area contributed by atoms with Gasteiger partial charge in [0, 0.05) is 0 Å². The van der Waals surface area contributed by atoms with Gasteiger partial charge in [-0.15, -0.1) is 0 Å². The van der Waals surface area contributed by atoms with E-state index >= 15 is 0 Å². The van der Waals surface area contributed by atoms with E-state index in [9.17, 15) is 23.1 Å². The molecular formula is C18H33NaO7S. The van der Waals surface area contributed by atoms with Crippen molar-refractivity contribution in [1.82, 2.24) is 0 Å². The molecule has 0 radical (unpaired) electrons. The summed E-state index contributed by atoms with van der Waals surface area (Å²) in [5.74, 6) is -2.70. The van der Waals surface area contributed by atoms with Gasteiger partial charge in [-0.05, 0) is 18.8 Å². The topological polar surface area (TPSA) is 110 Å². The molecule has 0 rings (SSSR count). The smallest absolute Gasteiger partial charge is 0.549 e. The van der Waals surface area contributed by atoms with E-state index in [-0.39, 0.29) is 48.7 Å². The van der Waals surface area contributed by atoms with Gasteiger partial charge in [-0.25, -0.2) is 0 Å². The summed E-state index contributed by atoms with van der Waals surface area (Å²) in [5, 5.41) is 9.16. The van der Waals surface area contributed by atoms with Gasteiger partial charge < -0.3 is 14.6 Å². The van der Waals surface area contributed by atoms with Crippen LogP contribution in [0.25, 0.3) is 0 Å². The molecule has 27 heavy (non-hydrogen) atoms. The zero-order valence-corrected chi connectivity index (χ0v) is 20.0. The SMILES string of the molecule is CCCCCCOC(=O)CC(C(=O)[O-])S(=O)(=O)OCC(CC)CCCC.[Na+]. The Labute approximate surface area is 186 Å². The van der Waals surface area contributed by atoms with Crippen LogP contribution < -0.4 is 34.7 Å². The third-order valence-corrected chi connectivity index (χ3v) is 5.76. The molecule has 0 saturated heterocycles. The molecule has 2 atom stereocenters. The molecule has 0 N–H and O–H groups in total. The van der Waals surface area contributed by atoms with Crippen LogP contribution in [0.5, 0.6) is 0 Å². The number of carboxylic acids is 1. The largest absolute Gasteiger partial charge is 1.00 e. The number of carboxylic acid groups (broad SMARTS) is 1. The maximum Gasteiger partial charge on any atom is 1.00 e. The molecule has 0 bridgehead atoms. The average molecular weight is 417 g/mol. The normalized spacial score (nSPS) is 13.4. The van der Waals surface area contributed by atoms with Crippen LogP contribution in [0.2, 0.25) is 0 Å². The van der Waals surface area contributed by atoms with E-state index < -0.39 is 33.7 Å².